The van der Waals surface area contributed by atoms with E-state index in [0.29, 0.717) is 12.2 Å². The monoisotopic (exact) mass is 350 g/mol. The molecule has 0 aliphatic rings. The van der Waals surface area contributed by atoms with Gasteiger partial charge in [-0.25, -0.2) is 4.79 Å². The first-order chi connectivity index (χ1) is 11.2. The van der Waals surface area contributed by atoms with Crippen LogP contribution in [0.25, 0.3) is 0 Å². The first-order valence-electron chi connectivity index (χ1n) is 8.52. The Morgan fingerprint density at radius 2 is 1.48 bits per heavy atom. The molecular weight excluding hydrogens is 320 g/mol. The van der Waals surface area contributed by atoms with Gasteiger partial charge in [-0.3, -0.25) is 4.79 Å². The lowest BCUT2D eigenvalue weighted by molar-refractivity contribution is -0.162. The van der Waals surface area contributed by atoms with Crippen LogP contribution in [0.1, 0.15) is 71.6 Å². The van der Waals surface area contributed by atoms with Gasteiger partial charge in [-0.05, 0) is 40.9 Å². The van der Waals surface area contributed by atoms with Crippen molar-refractivity contribution < 1.29 is 24.5 Å². The van der Waals surface area contributed by atoms with Gasteiger partial charge in [0.1, 0.15) is 5.75 Å². The fourth-order valence-electron chi connectivity index (χ4n) is 2.53. The largest absolute Gasteiger partial charge is 0.507 e. The lowest BCUT2D eigenvalue weighted by Crippen LogP contribution is -2.23. The number of aryl methyl sites for hydroxylation is 1. The van der Waals surface area contributed by atoms with Gasteiger partial charge >= 0.3 is 11.9 Å². The van der Waals surface area contributed by atoms with Crippen molar-refractivity contribution in [3.8, 4) is 5.75 Å². The van der Waals surface area contributed by atoms with E-state index in [-0.39, 0.29) is 17.3 Å². The van der Waals surface area contributed by atoms with Crippen molar-refractivity contribution in [2.75, 3.05) is 0 Å². The van der Waals surface area contributed by atoms with Gasteiger partial charge in [-0.1, -0.05) is 53.7 Å². The molecule has 0 heterocycles. The maximum absolute atomic E-state index is 11.8. The SMILES string of the molecule is CC(OC(=O)CCc1cc(C(C)(C)C)c(O)c(C(C)(C)C)c1)C(=O)O. The number of carboxylic acids is 1. The Balaban J connectivity index is 3.08. The van der Waals surface area contributed by atoms with Crippen LogP contribution in [0.5, 0.6) is 5.75 Å². The van der Waals surface area contributed by atoms with Crippen LogP contribution in [-0.2, 0) is 31.6 Å². The van der Waals surface area contributed by atoms with Crippen LogP contribution in [0.4, 0.5) is 0 Å². The molecule has 0 saturated heterocycles. The van der Waals surface area contributed by atoms with E-state index in [9.17, 15) is 14.7 Å². The number of carboxylic acid groups (broad SMARTS) is 1. The topological polar surface area (TPSA) is 83.8 Å². The highest BCUT2D eigenvalue weighted by molar-refractivity contribution is 5.77. The molecule has 1 aromatic rings. The molecule has 0 fully saturated rings. The van der Waals surface area contributed by atoms with Crippen molar-refractivity contribution in [2.45, 2.75) is 78.2 Å². The smallest absolute Gasteiger partial charge is 0.344 e. The number of hydrogen-bond donors (Lipinski definition) is 2. The number of rotatable bonds is 5. The van der Waals surface area contributed by atoms with E-state index >= 15 is 0 Å². The van der Waals surface area contributed by atoms with E-state index < -0.39 is 18.0 Å². The normalized spacial score (nSPS) is 13.4. The Bertz CT molecular complexity index is 612. The highest BCUT2D eigenvalue weighted by Gasteiger charge is 2.26. The van der Waals surface area contributed by atoms with Crippen molar-refractivity contribution in [1.29, 1.82) is 0 Å². The molecule has 5 heteroatoms. The van der Waals surface area contributed by atoms with Gasteiger partial charge in [-0.15, -0.1) is 0 Å². The molecular formula is C20H30O5. The molecule has 2 N–H and O–H groups in total. The van der Waals surface area contributed by atoms with Crippen LogP contribution in [0.2, 0.25) is 0 Å². The Hall–Kier alpha value is -2.04. The zero-order valence-corrected chi connectivity index (χ0v) is 16.3. The molecule has 1 rings (SSSR count). The Morgan fingerprint density at radius 1 is 1.04 bits per heavy atom. The van der Waals surface area contributed by atoms with E-state index in [2.05, 4.69) is 0 Å². The molecule has 0 amide bonds. The number of carbonyl (C=O) groups is 2. The molecule has 1 atom stereocenters. The van der Waals surface area contributed by atoms with Crippen LogP contribution in [0.15, 0.2) is 12.1 Å². The zero-order chi connectivity index (χ0) is 19.6. The first kappa shape index (κ1) is 21.0. The lowest BCUT2D eigenvalue weighted by Gasteiger charge is -2.28. The molecule has 140 valence electrons. The van der Waals surface area contributed by atoms with E-state index in [1.54, 1.807) is 0 Å². The molecule has 0 bridgehead atoms. The summed E-state index contributed by atoms with van der Waals surface area (Å²) in [5, 5.41) is 19.5. The molecule has 5 nitrogen and oxygen atoms in total. The molecule has 1 aromatic carbocycles. The minimum atomic E-state index is -1.16. The Labute approximate surface area is 150 Å². The minimum absolute atomic E-state index is 0.0928. The molecule has 0 radical (unpaired) electrons. The summed E-state index contributed by atoms with van der Waals surface area (Å²) in [6, 6.07) is 3.83. The summed E-state index contributed by atoms with van der Waals surface area (Å²) in [5.74, 6) is -1.41. The molecule has 0 aliphatic carbocycles. The van der Waals surface area contributed by atoms with Crippen molar-refractivity contribution >= 4 is 11.9 Å². The summed E-state index contributed by atoms with van der Waals surface area (Å²) in [4.78, 5) is 22.6. The molecule has 25 heavy (non-hydrogen) atoms. The van der Waals surface area contributed by atoms with Crippen molar-refractivity contribution in [3.05, 3.63) is 28.8 Å². The van der Waals surface area contributed by atoms with E-state index in [4.69, 9.17) is 9.84 Å². The number of aliphatic carboxylic acids is 1. The third-order valence-corrected chi connectivity index (χ3v) is 4.06. The highest BCUT2D eigenvalue weighted by atomic mass is 16.6. The van der Waals surface area contributed by atoms with E-state index in [1.165, 1.54) is 6.92 Å². The van der Waals surface area contributed by atoms with Gasteiger partial charge in [0.25, 0.3) is 0 Å². The third-order valence-electron chi connectivity index (χ3n) is 4.06. The fraction of sp³-hybridized carbons (Fsp3) is 0.600. The van der Waals surface area contributed by atoms with Crippen molar-refractivity contribution in [3.63, 3.8) is 0 Å². The Kier molecular flexibility index (Phi) is 6.27. The average molecular weight is 350 g/mol. The van der Waals surface area contributed by atoms with E-state index in [1.807, 2.05) is 53.7 Å². The molecule has 0 spiro atoms. The van der Waals surface area contributed by atoms with Crippen LogP contribution in [-0.4, -0.2) is 28.3 Å². The summed E-state index contributed by atoms with van der Waals surface area (Å²) in [5.41, 5.74) is 2.12. The number of ether oxygens (including phenoxy) is 1. The molecule has 0 saturated carbocycles. The van der Waals surface area contributed by atoms with Crippen LogP contribution in [0.3, 0.4) is 0 Å². The van der Waals surface area contributed by atoms with Gasteiger partial charge in [0, 0.05) is 6.42 Å². The summed E-state index contributed by atoms with van der Waals surface area (Å²) in [7, 11) is 0. The van der Waals surface area contributed by atoms with Crippen LogP contribution >= 0.6 is 0 Å². The van der Waals surface area contributed by atoms with Crippen molar-refractivity contribution in [2.24, 2.45) is 0 Å². The number of hydrogen-bond acceptors (Lipinski definition) is 4. The first-order valence-corrected chi connectivity index (χ1v) is 8.52. The predicted molar refractivity (Wildman–Crippen MR) is 97.0 cm³/mol. The summed E-state index contributed by atoms with van der Waals surface area (Å²) < 4.78 is 4.86. The second-order valence-electron chi connectivity index (χ2n) is 8.51. The number of phenols is 1. The summed E-state index contributed by atoms with van der Waals surface area (Å²) in [6.45, 7) is 13.5. The van der Waals surface area contributed by atoms with Crippen LogP contribution < -0.4 is 0 Å². The number of phenolic OH excluding ortho intramolecular Hbond substituents is 1. The fourth-order valence-corrected chi connectivity index (χ4v) is 2.53. The number of aromatic hydroxyl groups is 1. The van der Waals surface area contributed by atoms with E-state index in [0.717, 1.165) is 16.7 Å². The Morgan fingerprint density at radius 3 is 1.84 bits per heavy atom. The maximum Gasteiger partial charge on any atom is 0.344 e. The maximum atomic E-state index is 11.8. The number of carbonyl (C=O) groups excluding carboxylic acids is 1. The zero-order valence-electron chi connectivity index (χ0n) is 16.3. The summed E-state index contributed by atoms with van der Waals surface area (Å²) >= 11 is 0. The van der Waals surface area contributed by atoms with Crippen molar-refractivity contribution in [1.82, 2.24) is 0 Å². The lowest BCUT2D eigenvalue weighted by atomic mass is 9.78. The predicted octanol–water partition coefficient (Wildman–Crippen LogP) is 3.94. The van der Waals surface area contributed by atoms with Gasteiger partial charge < -0.3 is 14.9 Å². The second-order valence-corrected chi connectivity index (χ2v) is 8.51. The quantitative estimate of drug-likeness (QED) is 0.786. The molecule has 0 aromatic heterocycles. The van der Waals surface area contributed by atoms with Gasteiger partial charge in [-0.2, -0.15) is 0 Å². The molecule has 1 unspecified atom stereocenters. The third kappa shape index (κ3) is 5.76. The van der Waals surface area contributed by atoms with Gasteiger partial charge in [0.2, 0.25) is 0 Å². The number of esters is 1. The standard InChI is InChI=1S/C20H30O5/c1-12(18(23)24)25-16(21)9-8-13-10-14(19(2,3)4)17(22)15(11-13)20(5,6)7/h10-12,22H,8-9H2,1-7H3,(H,23,24). The van der Waals surface area contributed by atoms with Gasteiger partial charge in [0.05, 0.1) is 0 Å². The minimum Gasteiger partial charge on any atom is -0.507 e. The number of benzene rings is 1. The molecule has 0 aliphatic heterocycles. The highest BCUT2D eigenvalue weighted by Crippen LogP contribution is 2.39. The average Bonchev–Trinajstić information content (AvgIpc) is 2.43. The second kappa shape index (κ2) is 7.46. The summed E-state index contributed by atoms with van der Waals surface area (Å²) in [6.07, 6.45) is -0.629. The van der Waals surface area contributed by atoms with Gasteiger partial charge in [0.15, 0.2) is 6.10 Å². The van der Waals surface area contributed by atoms with Crippen LogP contribution in [0, 0.1) is 0 Å².